The Morgan fingerprint density at radius 2 is 2.00 bits per heavy atom. The predicted octanol–water partition coefficient (Wildman–Crippen LogP) is 2.36. The van der Waals surface area contributed by atoms with Crippen LogP contribution in [0.5, 0.6) is 0 Å². The van der Waals surface area contributed by atoms with E-state index < -0.39 is 9.85 Å². The molecule has 0 heterocycles. The Hall–Kier alpha value is -0.383. The van der Waals surface area contributed by atoms with Crippen LogP contribution in [0.2, 0.25) is 5.04 Å². The van der Waals surface area contributed by atoms with Gasteiger partial charge in [0.25, 0.3) is 0 Å². The van der Waals surface area contributed by atoms with E-state index in [4.69, 9.17) is 4.74 Å². The molecule has 0 aliphatic carbocycles. The van der Waals surface area contributed by atoms with Crippen LogP contribution in [0, 0.1) is 0 Å². The molecule has 0 N–H and O–H groups in total. The largest absolute Gasteiger partial charge is 0.466 e. The number of ether oxygens (including phenoxy) is 1. The fourth-order valence-corrected chi connectivity index (χ4v) is 1.55. The summed E-state index contributed by atoms with van der Waals surface area (Å²) in [6, 6.07) is 0. The molecule has 0 radical (unpaired) electrons. The molecular weight excluding hydrogens is 199 g/mol. The Morgan fingerprint density at radius 1 is 1.36 bits per heavy atom. The molecule has 0 rings (SSSR count). The molecule has 4 heteroatoms. The number of halogens is 1. The van der Waals surface area contributed by atoms with Gasteiger partial charge in [-0.25, -0.2) is 0 Å². The standard InChI is InChI=1S/C10H21FO2Si/c1-9(12)13-8-6-4-5-7-10(2,3)14-11/h4-8,14H2,1-3H3. The summed E-state index contributed by atoms with van der Waals surface area (Å²) in [6.45, 7) is 5.90. The molecule has 0 atom stereocenters. The van der Waals surface area contributed by atoms with Crippen molar-refractivity contribution in [3.05, 3.63) is 0 Å². The number of hydrogen-bond donors (Lipinski definition) is 0. The van der Waals surface area contributed by atoms with Crippen LogP contribution < -0.4 is 0 Å². The average Bonchev–Trinajstić information content (AvgIpc) is 2.10. The lowest BCUT2D eigenvalue weighted by Crippen LogP contribution is -2.08. The normalized spacial score (nSPS) is 12.3. The highest BCUT2D eigenvalue weighted by Crippen LogP contribution is 2.30. The van der Waals surface area contributed by atoms with Gasteiger partial charge in [-0.2, -0.15) is 0 Å². The van der Waals surface area contributed by atoms with Crippen molar-refractivity contribution in [1.29, 1.82) is 0 Å². The number of esters is 1. The van der Waals surface area contributed by atoms with E-state index in [0.717, 1.165) is 25.7 Å². The smallest absolute Gasteiger partial charge is 0.302 e. The lowest BCUT2D eigenvalue weighted by Gasteiger charge is -2.18. The Labute approximate surface area is 88.2 Å². The third-order valence-electron chi connectivity index (χ3n) is 2.16. The molecule has 14 heavy (non-hydrogen) atoms. The summed E-state index contributed by atoms with van der Waals surface area (Å²) in [5.74, 6) is -0.221. The summed E-state index contributed by atoms with van der Waals surface area (Å²) < 4.78 is 17.3. The van der Waals surface area contributed by atoms with Crippen LogP contribution in [-0.2, 0) is 9.53 Å². The summed E-state index contributed by atoms with van der Waals surface area (Å²) in [6.07, 6.45) is 3.90. The first kappa shape index (κ1) is 13.6. The van der Waals surface area contributed by atoms with Crippen molar-refractivity contribution >= 4 is 15.8 Å². The molecule has 2 nitrogen and oxygen atoms in total. The summed E-state index contributed by atoms with van der Waals surface area (Å²) >= 11 is 0. The Balaban J connectivity index is 3.25. The van der Waals surface area contributed by atoms with Gasteiger partial charge in [-0.15, -0.1) is 0 Å². The molecule has 0 aliphatic rings. The third kappa shape index (κ3) is 8.23. The maximum Gasteiger partial charge on any atom is 0.302 e. The summed E-state index contributed by atoms with van der Waals surface area (Å²) in [4.78, 5) is 10.4. The van der Waals surface area contributed by atoms with Gasteiger partial charge in [0.05, 0.1) is 6.61 Å². The fraction of sp³-hybridized carbons (Fsp3) is 0.900. The van der Waals surface area contributed by atoms with E-state index in [9.17, 15) is 8.90 Å². The molecule has 0 spiro atoms. The van der Waals surface area contributed by atoms with Gasteiger partial charge in [0, 0.05) is 6.92 Å². The maximum absolute atomic E-state index is 12.5. The molecule has 0 saturated heterocycles. The van der Waals surface area contributed by atoms with Crippen LogP contribution in [0.3, 0.4) is 0 Å². The quantitative estimate of drug-likeness (QED) is 0.285. The molecule has 0 aliphatic heterocycles. The molecule has 0 aromatic heterocycles. The van der Waals surface area contributed by atoms with E-state index >= 15 is 0 Å². The second-order valence-corrected chi connectivity index (χ2v) is 6.63. The first-order valence-electron chi connectivity index (χ1n) is 5.17. The van der Waals surface area contributed by atoms with Crippen LogP contribution in [0.25, 0.3) is 0 Å². The van der Waals surface area contributed by atoms with Gasteiger partial charge in [-0.05, 0) is 17.9 Å². The highest BCUT2D eigenvalue weighted by Gasteiger charge is 2.17. The van der Waals surface area contributed by atoms with Crippen molar-refractivity contribution in [3.8, 4) is 0 Å². The minimum Gasteiger partial charge on any atom is -0.466 e. The number of carbonyl (C=O) groups excluding carboxylic acids is 1. The zero-order valence-electron chi connectivity index (χ0n) is 9.44. The van der Waals surface area contributed by atoms with Crippen LogP contribution in [0.15, 0.2) is 0 Å². The molecule has 0 aromatic carbocycles. The van der Waals surface area contributed by atoms with Gasteiger partial charge in [0.2, 0.25) is 9.85 Å². The van der Waals surface area contributed by atoms with Crippen LogP contribution in [0.1, 0.15) is 46.5 Å². The van der Waals surface area contributed by atoms with Gasteiger partial charge >= 0.3 is 5.97 Å². The van der Waals surface area contributed by atoms with E-state index in [1.807, 2.05) is 13.8 Å². The lowest BCUT2D eigenvalue weighted by molar-refractivity contribution is -0.141. The van der Waals surface area contributed by atoms with Crippen molar-refractivity contribution in [2.45, 2.75) is 51.5 Å². The first-order valence-corrected chi connectivity index (χ1v) is 6.41. The zero-order chi connectivity index (χ0) is 11.0. The van der Waals surface area contributed by atoms with Crippen LogP contribution in [-0.4, -0.2) is 22.4 Å². The number of unbranched alkanes of at least 4 members (excludes halogenated alkanes) is 2. The first-order chi connectivity index (χ1) is 6.48. The molecular formula is C10H21FO2Si. The second kappa shape index (κ2) is 6.98. The van der Waals surface area contributed by atoms with Crippen molar-refractivity contribution in [2.24, 2.45) is 0 Å². The highest BCUT2D eigenvalue weighted by molar-refractivity contribution is 6.30. The predicted molar refractivity (Wildman–Crippen MR) is 58.8 cm³/mol. The Kier molecular flexibility index (Phi) is 6.79. The summed E-state index contributed by atoms with van der Waals surface area (Å²) in [5.41, 5.74) is 0. The van der Waals surface area contributed by atoms with E-state index in [2.05, 4.69) is 0 Å². The van der Waals surface area contributed by atoms with E-state index in [-0.39, 0.29) is 11.0 Å². The number of carbonyl (C=O) groups is 1. The molecule has 0 aromatic rings. The number of hydrogen-bond acceptors (Lipinski definition) is 2. The Bertz CT molecular complexity index is 172. The van der Waals surface area contributed by atoms with Gasteiger partial charge in [0.1, 0.15) is 0 Å². The van der Waals surface area contributed by atoms with Crippen LogP contribution in [0.4, 0.5) is 4.11 Å². The van der Waals surface area contributed by atoms with Crippen molar-refractivity contribution in [3.63, 3.8) is 0 Å². The third-order valence-corrected chi connectivity index (χ3v) is 3.24. The monoisotopic (exact) mass is 220 g/mol. The molecule has 0 fully saturated rings. The van der Waals surface area contributed by atoms with Gasteiger partial charge in [-0.3, -0.25) is 4.79 Å². The minimum atomic E-state index is -1.40. The van der Waals surface area contributed by atoms with Gasteiger partial charge in [-0.1, -0.05) is 26.7 Å². The maximum atomic E-state index is 12.5. The molecule has 84 valence electrons. The highest BCUT2D eigenvalue weighted by atomic mass is 28.3. The van der Waals surface area contributed by atoms with Gasteiger partial charge in [0.15, 0.2) is 0 Å². The minimum absolute atomic E-state index is 0.0541. The SMILES string of the molecule is CC(=O)OCCCCCC(C)(C)[SiH2]F. The topological polar surface area (TPSA) is 26.3 Å². The lowest BCUT2D eigenvalue weighted by atomic mass is 10.0. The fourth-order valence-electron chi connectivity index (χ4n) is 1.17. The summed E-state index contributed by atoms with van der Waals surface area (Å²) in [5, 5.41) is -0.0541. The Morgan fingerprint density at radius 3 is 2.50 bits per heavy atom. The second-order valence-electron chi connectivity index (χ2n) is 4.45. The molecule has 0 unspecified atom stereocenters. The number of rotatable bonds is 7. The molecule has 0 amide bonds. The van der Waals surface area contributed by atoms with E-state index in [0.29, 0.717) is 6.61 Å². The zero-order valence-corrected chi connectivity index (χ0v) is 10.9. The van der Waals surface area contributed by atoms with Crippen LogP contribution >= 0.6 is 0 Å². The summed E-state index contributed by atoms with van der Waals surface area (Å²) in [7, 11) is -1.40. The molecule has 0 saturated carbocycles. The van der Waals surface area contributed by atoms with E-state index in [1.54, 1.807) is 0 Å². The van der Waals surface area contributed by atoms with Crippen molar-refractivity contribution in [1.82, 2.24) is 0 Å². The van der Waals surface area contributed by atoms with Gasteiger partial charge < -0.3 is 8.84 Å². The molecule has 0 bridgehead atoms. The van der Waals surface area contributed by atoms with Crippen molar-refractivity contribution < 1.29 is 13.6 Å². The van der Waals surface area contributed by atoms with Crippen molar-refractivity contribution in [2.75, 3.05) is 6.61 Å². The van der Waals surface area contributed by atoms with E-state index in [1.165, 1.54) is 6.92 Å². The average molecular weight is 220 g/mol.